The van der Waals surface area contributed by atoms with Crippen molar-refractivity contribution < 1.29 is 9.53 Å². The van der Waals surface area contributed by atoms with Crippen LogP contribution in [0.2, 0.25) is 0 Å². The fourth-order valence-electron chi connectivity index (χ4n) is 2.45. The van der Waals surface area contributed by atoms with Crippen molar-refractivity contribution in [3.63, 3.8) is 0 Å². The van der Waals surface area contributed by atoms with E-state index in [4.69, 9.17) is 4.74 Å². The fraction of sp³-hybridized carbons (Fsp3) is 0.562. The Morgan fingerprint density at radius 3 is 2.86 bits per heavy atom. The van der Waals surface area contributed by atoms with Gasteiger partial charge in [-0.25, -0.2) is 0 Å². The van der Waals surface area contributed by atoms with Gasteiger partial charge in [-0.2, -0.15) is 0 Å². The van der Waals surface area contributed by atoms with Crippen LogP contribution in [0.5, 0.6) is 5.75 Å². The van der Waals surface area contributed by atoms with Gasteiger partial charge in [-0.1, -0.05) is 15.9 Å². The quantitative estimate of drug-likeness (QED) is 0.798. The molecular formula is C16H23BrN2O2. The average molecular weight is 355 g/mol. The Hall–Kier alpha value is -1.07. The minimum Gasteiger partial charge on any atom is -0.494 e. The van der Waals surface area contributed by atoms with Gasteiger partial charge in [0.2, 0.25) is 5.91 Å². The van der Waals surface area contributed by atoms with Crippen molar-refractivity contribution >= 4 is 21.8 Å². The average Bonchev–Trinajstić information content (AvgIpc) is 2.49. The van der Waals surface area contributed by atoms with Gasteiger partial charge in [-0.15, -0.1) is 0 Å². The predicted octanol–water partition coefficient (Wildman–Crippen LogP) is 2.82. The second-order valence-corrected chi connectivity index (χ2v) is 6.32. The molecule has 4 nitrogen and oxygen atoms in total. The molecule has 116 valence electrons. The van der Waals surface area contributed by atoms with E-state index in [2.05, 4.69) is 28.2 Å². The Morgan fingerprint density at radius 1 is 1.38 bits per heavy atom. The van der Waals surface area contributed by atoms with Crippen LogP contribution in [0.3, 0.4) is 0 Å². The molecule has 1 aliphatic rings. The summed E-state index contributed by atoms with van der Waals surface area (Å²) in [4.78, 5) is 14.1. The fourth-order valence-corrected chi connectivity index (χ4v) is 2.72. The number of halogens is 1. The maximum Gasteiger partial charge on any atom is 0.222 e. The second kappa shape index (κ2) is 8.39. The highest BCUT2D eigenvalue weighted by atomic mass is 79.9. The second-order valence-electron chi connectivity index (χ2n) is 5.40. The van der Waals surface area contributed by atoms with Crippen LogP contribution in [-0.4, -0.2) is 43.1 Å². The highest BCUT2D eigenvalue weighted by Crippen LogP contribution is 2.16. The summed E-state index contributed by atoms with van der Waals surface area (Å²) in [6.07, 6.45) is 2.41. The van der Waals surface area contributed by atoms with Gasteiger partial charge in [0.15, 0.2) is 0 Å². The first-order valence-corrected chi connectivity index (χ1v) is 8.34. The third kappa shape index (κ3) is 5.32. The lowest BCUT2D eigenvalue weighted by Crippen LogP contribution is -2.52. The molecule has 1 unspecified atom stereocenters. The summed E-state index contributed by atoms with van der Waals surface area (Å²) in [6.45, 7) is 5.39. The number of nitrogens with one attached hydrogen (secondary N) is 1. The summed E-state index contributed by atoms with van der Waals surface area (Å²) in [5.74, 6) is 1.15. The lowest BCUT2D eigenvalue weighted by Gasteiger charge is -2.34. The molecule has 0 saturated carbocycles. The lowest BCUT2D eigenvalue weighted by atomic mass is 10.1. The van der Waals surface area contributed by atoms with E-state index in [1.807, 2.05) is 29.2 Å². The van der Waals surface area contributed by atoms with Crippen LogP contribution in [0.25, 0.3) is 0 Å². The zero-order valence-electron chi connectivity index (χ0n) is 12.5. The van der Waals surface area contributed by atoms with Crippen LogP contribution >= 0.6 is 15.9 Å². The molecule has 0 bridgehead atoms. The molecule has 21 heavy (non-hydrogen) atoms. The topological polar surface area (TPSA) is 41.6 Å². The van der Waals surface area contributed by atoms with Crippen molar-refractivity contribution in [3.05, 3.63) is 28.7 Å². The van der Waals surface area contributed by atoms with Crippen molar-refractivity contribution in [1.29, 1.82) is 0 Å². The Bertz CT molecular complexity index is 450. The largest absolute Gasteiger partial charge is 0.494 e. The number of hydrogen-bond donors (Lipinski definition) is 1. The monoisotopic (exact) mass is 354 g/mol. The molecule has 1 amide bonds. The molecule has 1 aliphatic heterocycles. The van der Waals surface area contributed by atoms with Gasteiger partial charge >= 0.3 is 0 Å². The van der Waals surface area contributed by atoms with Gasteiger partial charge in [-0.05, 0) is 44.0 Å². The number of carbonyl (C=O) groups is 1. The number of amides is 1. The molecule has 1 heterocycles. The molecule has 0 spiro atoms. The van der Waals surface area contributed by atoms with E-state index in [1.54, 1.807) is 0 Å². The highest BCUT2D eigenvalue weighted by molar-refractivity contribution is 9.10. The van der Waals surface area contributed by atoms with E-state index in [9.17, 15) is 4.79 Å². The molecule has 1 fully saturated rings. The Morgan fingerprint density at radius 2 is 2.14 bits per heavy atom. The Kier molecular flexibility index (Phi) is 6.51. The molecule has 0 aliphatic carbocycles. The zero-order chi connectivity index (χ0) is 15.1. The molecule has 1 N–H and O–H groups in total. The molecule has 1 saturated heterocycles. The number of piperazine rings is 1. The number of ether oxygens (including phenoxy) is 1. The normalized spacial score (nSPS) is 18.6. The van der Waals surface area contributed by atoms with E-state index < -0.39 is 0 Å². The number of rotatable bonds is 6. The molecule has 5 heteroatoms. The van der Waals surface area contributed by atoms with Crippen molar-refractivity contribution in [3.8, 4) is 5.75 Å². The maximum absolute atomic E-state index is 12.1. The number of nitrogens with zero attached hydrogens (tertiary/aromatic N) is 1. The minimum atomic E-state index is 0.271. The van der Waals surface area contributed by atoms with E-state index in [0.29, 0.717) is 19.1 Å². The van der Waals surface area contributed by atoms with E-state index >= 15 is 0 Å². The first-order chi connectivity index (χ1) is 10.2. The molecule has 1 aromatic rings. The zero-order valence-corrected chi connectivity index (χ0v) is 14.1. The molecule has 1 aromatic carbocycles. The number of benzene rings is 1. The summed E-state index contributed by atoms with van der Waals surface area (Å²) in [6, 6.07) is 8.12. The first kappa shape index (κ1) is 16.3. The summed E-state index contributed by atoms with van der Waals surface area (Å²) in [7, 11) is 0. The lowest BCUT2D eigenvalue weighted by molar-refractivity contribution is -0.134. The van der Waals surface area contributed by atoms with Gasteiger partial charge in [0.25, 0.3) is 0 Å². The SMILES string of the molecule is CC1CNCCN1C(=O)CCCCOc1ccc(Br)cc1. The van der Waals surface area contributed by atoms with Gasteiger partial charge in [0.05, 0.1) is 6.61 Å². The Balaban J connectivity index is 1.61. The van der Waals surface area contributed by atoms with Crippen molar-refractivity contribution in [2.24, 2.45) is 0 Å². The van der Waals surface area contributed by atoms with Gasteiger partial charge in [0, 0.05) is 36.6 Å². The van der Waals surface area contributed by atoms with Crippen LogP contribution in [0, 0.1) is 0 Å². The molecule has 0 aromatic heterocycles. The minimum absolute atomic E-state index is 0.271. The molecule has 1 atom stereocenters. The maximum atomic E-state index is 12.1. The van der Waals surface area contributed by atoms with Crippen LogP contribution in [0.15, 0.2) is 28.7 Å². The highest BCUT2D eigenvalue weighted by Gasteiger charge is 2.21. The van der Waals surface area contributed by atoms with Crippen molar-refractivity contribution in [1.82, 2.24) is 10.2 Å². The molecule has 2 rings (SSSR count). The van der Waals surface area contributed by atoms with Gasteiger partial charge in [0.1, 0.15) is 5.75 Å². The van der Waals surface area contributed by atoms with Crippen LogP contribution < -0.4 is 10.1 Å². The van der Waals surface area contributed by atoms with E-state index in [1.165, 1.54) is 0 Å². The third-order valence-electron chi connectivity index (χ3n) is 3.69. The summed E-state index contributed by atoms with van der Waals surface area (Å²) >= 11 is 3.39. The van der Waals surface area contributed by atoms with Crippen molar-refractivity contribution in [2.45, 2.75) is 32.2 Å². The van der Waals surface area contributed by atoms with E-state index in [0.717, 1.165) is 42.7 Å². The summed E-state index contributed by atoms with van der Waals surface area (Å²) in [5, 5.41) is 3.30. The summed E-state index contributed by atoms with van der Waals surface area (Å²) in [5.41, 5.74) is 0. The predicted molar refractivity (Wildman–Crippen MR) is 87.5 cm³/mol. The van der Waals surface area contributed by atoms with Gasteiger partial charge in [-0.3, -0.25) is 4.79 Å². The number of carbonyl (C=O) groups excluding carboxylic acids is 1. The number of hydrogen-bond acceptors (Lipinski definition) is 3. The Labute approximate surface area is 135 Å². The third-order valence-corrected chi connectivity index (χ3v) is 4.22. The van der Waals surface area contributed by atoms with Crippen molar-refractivity contribution in [2.75, 3.05) is 26.2 Å². The van der Waals surface area contributed by atoms with Crippen LogP contribution in [0.1, 0.15) is 26.2 Å². The van der Waals surface area contributed by atoms with Crippen LogP contribution in [0.4, 0.5) is 0 Å². The first-order valence-electron chi connectivity index (χ1n) is 7.55. The van der Waals surface area contributed by atoms with Crippen LogP contribution in [-0.2, 0) is 4.79 Å². The molecular weight excluding hydrogens is 332 g/mol. The molecule has 0 radical (unpaired) electrons. The van der Waals surface area contributed by atoms with E-state index in [-0.39, 0.29) is 5.91 Å². The standard InChI is InChI=1S/C16H23BrN2O2/c1-13-12-18-9-10-19(13)16(20)4-2-3-11-21-15-7-5-14(17)6-8-15/h5-8,13,18H,2-4,9-12H2,1H3. The van der Waals surface area contributed by atoms with Gasteiger partial charge < -0.3 is 15.0 Å². The smallest absolute Gasteiger partial charge is 0.222 e. The number of unbranched alkanes of at least 4 members (excludes halogenated alkanes) is 1. The summed E-state index contributed by atoms with van der Waals surface area (Å²) < 4.78 is 6.70.